The van der Waals surface area contributed by atoms with Crippen LogP contribution in [0, 0.1) is 0 Å². The second-order valence-electron chi connectivity index (χ2n) is 3.45. The Bertz CT molecular complexity index is 482. The van der Waals surface area contributed by atoms with Gasteiger partial charge in [0.05, 0.1) is 19.0 Å². The first-order valence-corrected chi connectivity index (χ1v) is 4.88. The van der Waals surface area contributed by atoms with Gasteiger partial charge in [0.15, 0.2) is 0 Å². The Morgan fingerprint density at radius 2 is 2.25 bits per heavy atom. The number of aryl methyl sites for hydroxylation is 1. The second kappa shape index (κ2) is 4.32. The van der Waals surface area contributed by atoms with Crippen molar-refractivity contribution >= 4 is 0 Å². The lowest BCUT2D eigenvalue weighted by Gasteiger charge is -2.08. The van der Waals surface area contributed by atoms with Crippen LogP contribution in [-0.4, -0.2) is 27.0 Å². The molecular weight excluding hydrogens is 206 g/mol. The number of ether oxygens (including phenoxy) is 1. The van der Waals surface area contributed by atoms with Gasteiger partial charge in [0.2, 0.25) is 5.88 Å². The summed E-state index contributed by atoms with van der Waals surface area (Å²) in [4.78, 5) is 4.17. The first-order valence-electron chi connectivity index (χ1n) is 4.88. The van der Waals surface area contributed by atoms with E-state index in [0.29, 0.717) is 17.1 Å². The summed E-state index contributed by atoms with van der Waals surface area (Å²) in [7, 11) is 3.35. The molecule has 5 heteroatoms. The summed E-state index contributed by atoms with van der Waals surface area (Å²) in [6.07, 6.45) is 2.60. The molecule has 0 radical (unpaired) electrons. The van der Waals surface area contributed by atoms with Crippen LogP contribution >= 0.6 is 0 Å². The highest BCUT2D eigenvalue weighted by Gasteiger charge is 2.14. The van der Waals surface area contributed by atoms with Gasteiger partial charge in [0, 0.05) is 24.9 Å². The molecule has 84 valence electrons. The SMILES string of the molecule is COc1cccc(C(O)c2cnn(C)c2)n1. The quantitative estimate of drug-likeness (QED) is 0.833. The van der Waals surface area contributed by atoms with Crippen LogP contribution in [0.4, 0.5) is 0 Å². The van der Waals surface area contributed by atoms with Crippen molar-refractivity contribution in [1.29, 1.82) is 0 Å². The largest absolute Gasteiger partial charge is 0.481 e. The number of aliphatic hydroxyl groups is 1. The fraction of sp³-hybridized carbons (Fsp3) is 0.273. The topological polar surface area (TPSA) is 60.2 Å². The molecule has 2 aromatic rings. The third-order valence-electron chi connectivity index (χ3n) is 2.27. The average Bonchev–Trinajstić information content (AvgIpc) is 2.75. The monoisotopic (exact) mass is 219 g/mol. The molecule has 0 aliphatic carbocycles. The van der Waals surface area contributed by atoms with Gasteiger partial charge < -0.3 is 9.84 Å². The standard InChI is InChI=1S/C11H13N3O2/c1-14-7-8(6-12-14)11(15)9-4-3-5-10(13-9)16-2/h3-7,11,15H,1-2H3. The molecule has 0 aliphatic rings. The second-order valence-corrected chi connectivity index (χ2v) is 3.45. The minimum Gasteiger partial charge on any atom is -0.481 e. The maximum absolute atomic E-state index is 10.1. The highest BCUT2D eigenvalue weighted by molar-refractivity contribution is 5.24. The van der Waals surface area contributed by atoms with Crippen molar-refractivity contribution < 1.29 is 9.84 Å². The van der Waals surface area contributed by atoms with Crippen molar-refractivity contribution in [2.24, 2.45) is 7.05 Å². The van der Waals surface area contributed by atoms with E-state index in [9.17, 15) is 5.11 Å². The molecule has 0 spiro atoms. The summed E-state index contributed by atoms with van der Waals surface area (Å²) in [5.41, 5.74) is 1.26. The maximum atomic E-state index is 10.1. The molecule has 0 saturated carbocycles. The van der Waals surface area contributed by atoms with Gasteiger partial charge in [-0.05, 0) is 6.07 Å². The summed E-state index contributed by atoms with van der Waals surface area (Å²) >= 11 is 0. The molecular formula is C11H13N3O2. The molecule has 1 N–H and O–H groups in total. The summed E-state index contributed by atoms with van der Waals surface area (Å²) in [5.74, 6) is 0.487. The Labute approximate surface area is 93.3 Å². The predicted octanol–water partition coefficient (Wildman–Crippen LogP) is 0.905. The number of hydrogen-bond donors (Lipinski definition) is 1. The summed E-state index contributed by atoms with van der Waals surface area (Å²) in [5, 5.41) is 14.1. The zero-order chi connectivity index (χ0) is 11.5. The van der Waals surface area contributed by atoms with E-state index in [1.165, 1.54) is 0 Å². The highest BCUT2D eigenvalue weighted by Crippen LogP contribution is 2.21. The van der Waals surface area contributed by atoms with E-state index in [1.54, 1.807) is 49.4 Å². The van der Waals surface area contributed by atoms with Gasteiger partial charge in [0.25, 0.3) is 0 Å². The number of pyridine rings is 1. The van der Waals surface area contributed by atoms with Crippen molar-refractivity contribution in [1.82, 2.24) is 14.8 Å². The molecule has 16 heavy (non-hydrogen) atoms. The maximum Gasteiger partial charge on any atom is 0.213 e. The van der Waals surface area contributed by atoms with Gasteiger partial charge in [-0.25, -0.2) is 4.98 Å². The van der Waals surface area contributed by atoms with Crippen LogP contribution in [0.1, 0.15) is 17.4 Å². The zero-order valence-corrected chi connectivity index (χ0v) is 9.16. The molecule has 0 aromatic carbocycles. The van der Waals surface area contributed by atoms with Crippen LogP contribution in [0.2, 0.25) is 0 Å². The van der Waals surface area contributed by atoms with Crippen molar-refractivity contribution in [2.45, 2.75) is 6.10 Å². The van der Waals surface area contributed by atoms with E-state index < -0.39 is 6.10 Å². The van der Waals surface area contributed by atoms with Crippen LogP contribution in [0.15, 0.2) is 30.6 Å². The minimum atomic E-state index is -0.774. The lowest BCUT2D eigenvalue weighted by atomic mass is 10.1. The van der Waals surface area contributed by atoms with E-state index in [2.05, 4.69) is 10.1 Å². The molecule has 1 atom stereocenters. The van der Waals surface area contributed by atoms with Gasteiger partial charge in [-0.2, -0.15) is 5.10 Å². The van der Waals surface area contributed by atoms with E-state index in [-0.39, 0.29) is 0 Å². The van der Waals surface area contributed by atoms with Crippen molar-refractivity contribution in [2.75, 3.05) is 7.11 Å². The summed E-state index contributed by atoms with van der Waals surface area (Å²) in [6, 6.07) is 5.28. The number of aromatic nitrogens is 3. The molecule has 1 unspecified atom stereocenters. The van der Waals surface area contributed by atoms with Gasteiger partial charge in [0.1, 0.15) is 6.10 Å². The first-order chi connectivity index (χ1) is 7.70. The van der Waals surface area contributed by atoms with Gasteiger partial charge in [-0.1, -0.05) is 6.07 Å². The van der Waals surface area contributed by atoms with Crippen molar-refractivity contribution in [3.8, 4) is 5.88 Å². The van der Waals surface area contributed by atoms with Gasteiger partial charge in [-0.15, -0.1) is 0 Å². The van der Waals surface area contributed by atoms with Gasteiger partial charge in [-0.3, -0.25) is 4.68 Å². The molecule has 0 amide bonds. The summed E-state index contributed by atoms with van der Waals surface area (Å²) in [6.45, 7) is 0. The van der Waals surface area contributed by atoms with Crippen LogP contribution in [-0.2, 0) is 7.05 Å². The molecule has 2 heterocycles. The normalized spacial score (nSPS) is 12.4. The van der Waals surface area contributed by atoms with Crippen molar-refractivity contribution in [3.63, 3.8) is 0 Å². The number of aliphatic hydroxyl groups excluding tert-OH is 1. The Kier molecular flexibility index (Phi) is 2.87. The number of hydrogen-bond acceptors (Lipinski definition) is 4. The molecule has 2 rings (SSSR count). The van der Waals surface area contributed by atoms with Crippen LogP contribution in [0.25, 0.3) is 0 Å². The molecule has 0 bridgehead atoms. The van der Waals surface area contributed by atoms with Crippen molar-refractivity contribution in [3.05, 3.63) is 41.9 Å². The fourth-order valence-corrected chi connectivity index (χ4v) is 1.45. The Hall–Kier alpha value is -1.88. The molecule has 0 aliphatic heterocycles. The predicted molar refractivity (Wildman–Crippen MR) is 58.1 cm³/mol. The average molecular weight is 219 g/mol. The number of rotatable bonds is 3. The summed E-state index contributed by atoms with van der Waals surface area (Å²) < 4.78 is 6.64. The lowest BCUT2D eigenvalue weighted by Crippen LogP contribution is -2.02. The van der Waals surface area contributed by atoms with E-state index in [4.69, 9.17) is 4.74 Å². The van der Waals surface area contributed by atoms with E-state index >= 15 is 0 Å². The fourth-order valence-electron chi connectivity index (χ4n) is 1.45. The zero-order valence-electron chi connectivity index (χ0n) is 9.16. The Balaban J connectivity index is 2.29. The van der Waals surface area contributed by atoms with E-state index in [0.717, 1.165) is 0 Å². The van der Waals surface area contributed by atoms with Gasteiger partial charge >= 0.3 is 0 Å². The Morgan fingerprint density at radius 3 is 2.88 bits per heavy atom. The van der Waals surface area contributed by atoms with Crippen LogP contribution in [0.3, 0.4) is 0 Å². The molecule has 0 fully saturated rings. The van der Waals surface area contributed by atoms with Crippen LogP contribution in [0.5, 0.6) is 5.88 Å². The third-order valence-corrected chi connectivity index (χ3v) is 2.27. The van der Waals surface area contributed by atoms with E-state index in [1.807, 2.05) is 0 Å². The highest BCUT2D eigenvalue weighted by atomic mass is 16.5. The van der Waals surface area contributed by atoms with Crippen LogP contribution < -0.4 is 4.74 Å². The lowest BCUT2D eigenvalue weighted by molar-refractivity contribution is 0.213. The minimum absolute atomic E-state index is 0.487. The number of methoxy groups -OCH3 is 1. The molecule has 2 aromatic heterocycles. The number of nitrogens with zero attached hydrogens (tertiary/aromatic N) is 3. The third kappa shape index (κ3) is 2.04. The first kappa shape index (κ1) is 10.6. The Morgan fingerprint density at radius 1 is 1.44 bits per heavy atom. The smallest absolute Gasteiger partial charge is 0.213 e. The molecule has 5 nitrogen and oxygen atoms in total. The molecule has 0 saturated heterocycles.